The van der Waals surface area contributed by atoms with Gasteiger partial charge in [0.15, 0.2) is 17.3 Å². The third-order valence-corrected chi connectivity index (χ3v) is 7.62. The number of fused-ring (bicyclic) bond motifs is 1. The first kappa shape index (κ1) is 25.0. The van der Waals surface area contributed by atoms with E-state index >= 15 is 0 Å². The summed E-state index contributed by atoms with van der Waals surface area (Å²) in [7, 11) is 1.65. The number of carbonyl (C=O) groups excluding carboxylic acids is 2. The minimum absolute atomic E-state index is 0.0172. The number of hydrogen-bond acceptors (Lipinski definition) is 7. The molecule has 2 N–H and O–H groups in total. The van der Waals surface area contributed by atoms with Crippen molar-refractivity contribution in [1.82, 2.24) is 0 Å². The maximum Gasteiger partial charge on any atom is 0.314 e. The number of nitrogens with one attached hydrogen (secondary N) is 2. The molecule has 3 aromatic rings. The zero-order chi connectivity index (χ0) is 26.9. The molecule has 2 unspecified atom stereocenters. The Morgan fingerprint density at radius 1 is 0.923 bits per heavy atom. The van der Waals surface area contributed by atoms with Gasteiger partial charge in [-0.1, -0.05) is 30.3 Å². The molecule has 39 heavy (non-hydrogen) atoms. The van der Waals surface area contributed by atoms with E-state index in [-0.39, 0.29) is 23.6 Å². The van der Waals surface area contributed by atoms with Gasteiger partial charge in [-0.3, -0.25) is 9.59 Å². The van der Waals surface area contributed by atoms with E-state index in [1.54, 1.807) is 13.2 Å². The highest BCUT2D eigenvalue weighted by Gasteiger charge is 2.37. The lowest BCUT2D eigenvalue weighted by Gasteiger charge is -2.30. The van der Waals surface area contributed by atoms with E-state index in [0.717, 1.165) is 52.4 Å². The fraction of sp³-hybridized carbons (Fsp3) is 0.312. The van der Waals surface area contributed by atoms with E-state index in [2.05, 4.69) is 10.6 Å². The molecule has 1 aliphatic heterocycles. The van der Waals surface area contributed by atoms with Crippen LogP contribution in [0.2, 0.25) is 0 Å². The van der Waals surface area contributed by atoms with Crippen LogP contribution in [-0.2, 0) is 9.59 Å². The van der Waals surface area contributed by atoms with Crippen molar-refractivity contribution in [2.24, 2.45) is 5.92 Å². The predicted molar refractivity (Wildman–Crippen MR) is 149 cm³/mol. The standard InChI is InChI=1S/C32H32N2O5/c1-3-38-29-18-21(12-15-28(29)39-32(36)20-8-9-20)31-30-26(33-24-6-4-5-7-25(24)34-31)16-22(17-27(30)35)19-10-13-23(37-2)14-11-19/h4-7,10-15,18,20,22,31,33-34H,3,8-9,16-17H2,1-2H3. The highest BCUT2D eigenvalue weighted by Crippen LogP contribution is 2.45. The Morgan fingerprint density at radius 3 is 2.38 bits per heavy atom. The Labute approximate surface area is 228 Å². The molecule has 0 spiro atoms. The van der Waals surface area contributed by atoms with Gasteiger partial charge in [0.1, 0.15) is 5.75 Å². The number of Topliss-reactive ketones (excluding diaryl/α,β-unsaturated/α-hetero) is 1. The van der Waals surface area contributed by atoms with Gasteiger partial charge in [0, 0.05) is 17.7 Å². The lowest BCUT2D eigenvalue weighted by Crippen LogP contribution is -2.27. The van der Waals surface area contributed by atoms with Crippen molar-refractivity contribution in [1.29, 1.82) is 0 Å². The SMILES string of the molecule is CCOc1cc(C2Nc3ccccc3NC3=C2C(=O)CC(c2ccc(OC)cc2)C3)ccc1OC(=O)C1CC1. The van der Waals surface area contributed by atoms with Gasteiger partial charge in [-0.15, -0.1) is 0 Å². The summed E-state index contributed by atoms with van der Waals surface area (Å²) in [6.45, 7) is 2.32. The molecule has 0 radical (unpaired) electrons. The van der Waals surface area contributed by atoms with Crippen molar-refractivity contribution in [3.63, 3.8) is 0 Å². The van der Waals surface area contributed by atoms with Crippen molar-refractivity contribution in [3.8, 4) is 17.2 Å². The zero-order valence-electron chi connectivity index (χ0n) is 22.2. The number of esters is 1. The second kappa shape index (κ2) is 10.5. The number of carbonyl (C=O) groups is 2. The van der Waals surface area contributed by atoms with E-state index in [1.165, 1.54) is 0 Å². The molecular formula is C32H32N2O5. The van der Waals surface area contributed by atoms with Crippen LogP contribution in [0.15, 0.2) is 78.0 Å². The summed E-state index contributed by atoms with van der Waals surface area (Å²) >= 11 is 0. The monoisotopic (exact) mass is 524 g/mol. The average molecular weight is 525 g/mol. The summed E-state index contributed by atoms with van der Waals surface area (Å²) in [6.07, 6.45) is 2.86. The van der Waals surface area contributed by atoms with Gasteiger partial charge in [-0.05, 0) is 79.6 Å². The van der Waals surface area contributed by atoms with E-state index < -0.39 is 6.04 Å². The number of methoxy groups -OCH3 is 1. The Hall–Kier alpha value is -4.26. The summed E-state index contributed by atoms with van der Waals surface area (Å²) in [5.41, 5.74) is 5.45. The number of benzene rings is 3. The van der Waals surface area contributed by atoms with E-state index in [4.69, 9.17) is 14.2 Å². The van der Waals surface area contributed by atoms with Crippen molar-refractivity contribution < 1.29 is 23.8 Å². The molecule has 200 valence electrons. The van der Waals surface area contributed by atoms with Crippen LogP contribution in [0.3, 0.4) is 0 Å². The molecule has 0 aromatic heterocycles. The highest BCUT2D eigenvalue weighted by atomic mass is 16.6. The van der Waals surface area contributed by atoms with Crippen molar-refractivity contribution in [3.05, 3.63) is 89.1 Å². The molecule has 1 fully saturated rings. The van der Waals surface area contributed by atoms with Crippen LogP contribution in [0.4, 0.5) is 11.4 Å². The van der Waals surface area contributed by atoms with E-state index in [0.29, 0.717) is 30.9 Å². The lowest BCUT2D eigenvalue weighted by molar-refractivity contribution is -0.135. The van der Waals surface area contributed by atoms with Gasteiger partial charge in [0.25, 0.3) is 0 Å². The molecule has 0 bridgehead atoms. The largest absolute Gasteiger partial charge is 0.497 e. The Kier molecular flexibility index (Phi) is 6.73. The van der Waals surface area contributed by atoms with Gasteiger partial charge in [-0.2, -0.15) is 0 Å². The first-order valence-corrected chi connectivity index (χ1v) is 13.5. The molecule has 7 heteroatoms. The van der Waals surface area contributed by atoms with Gasteiger partial charge >= 0.3 is 5.97 Å². The van der Waals surface area contributed by atoms with Crippen LogP contribution in [0.1, 0.15) is 55.7 Å². The van der Waals surface area contributed by atoms with E-state index in [9.17, 15) is 9.59 Å². The zero-order valence-corrected chi connectivity index (χ0v) is 22.2. The molecule has 1 saturated carbocycles. The topological polar surface area (TPSA) is 85.9 Å². The third-order valence-electron chi connectivity index (χ3n) is 7.62. The molecular weight excluding hydrogens is 492 g/mol. The van der Waals surface area contributed by atoms with Crippen LogP contribution in [0.25, 0.3) is 0 Å². The van der Waals surface area contributed by atoms with E-state index in [1.807, 2.05) is 67.6 Å². The predicted octanol–water partition coefficient (Wildman–Crippen LogP) is 6.39. The number of rotatable bonds is 7. The molecule has 0 saturated heterocycles. The fourth-order valence-corrected chi connectivity index (χ4v) is 5.42. The number of ether oxygens (including phenoxy) is 3. The number of para-hydroxylation sites is 2. The van der Waals surface area contributed by atoms with Crippen LogP contribution < -0.4 is 24.8 Å². The highest BCUT2D eigenvalue weighted by molar-refractivity contribution is 6.01. The summed E-state index contributed by atoms with van der Waals surface area (Å²) in [6, 6.07) is 21.1. The fourth-order valence-electron chi connectivity index (χ4n) is 5.42. The smallest absolute Gasteiger partial charge is 0.314 e. The molecule has 1 heterocycles. The van der Waals surface area contributed by atoms with Crippen molar-refractivity contribution in [2.75, 3.05) is 24.4 Å². The average Bonchev–Trinajstić information content (AvgIpc) is 3.81. The molecule has 2 atom stereocenters. The van der Waals surface area contributed by atoms with Gasteiger partial charge in [0.05, 0.1) is 37.1 Å². The van der Waals surface area contributed by atoms with Crippen LogP contribution in [0, 0.1) is 5.92 Å². The molecule has 6 rings (SSSR count). The van der Waals surface area contributed by atoms with Crippen molar-refractivity contribution in [2.45, 2.75) is 44.6 Å². The Morgan fingerprint density at radius 2 is 1.67 bits per heavy atom. The second-order valence-corrected chi connectivity index (χ2v) is 10.3. The van der Waals surface area contributed by atoms with Crippen LogP contribution >= 0.6 is 0 Å². The lowest BCUT2D eigenvalue weighted by atomic mass is 9.78. The van der Waals surface area contributed by atoms with Crippen molar-refractivity contribution >= 4 is 23.1 Å². The minimum atomic E-state index is -0.396. The van der Waals surface area contributed by atoms with Gasteiger partial charge in [0.2, 0.25) is 0 Å². The maximum absolute atomic E-state index is 13.9. The Balaban J connectivity index is 1.38. The first-order valence-electron chi connectivity index (χ1n) is 13.5. The Bertz CT molecular complexity index is 1440. The molecule has 3 aromatic carbocycles. The normalized spacial score (nSPS) is 20.1. The summed E-state index contributed by atoms with van der Waals surface area (Å²) in [5, 5.41) is 7.19. The summed E-state index contributed by atoms with van der Waals surface area (Å²) in [5.74, 6) is 1.62. The maximum atomic E-state index is 13.9. The molecule has 7 nitrogen and oxygen atoms in total. The number of anilines is 2. The van der Waals surface area contributed by atoms with Gasteiger partial charge in [-0.25, -0.2) is 0 Å². The number of ketones is 1. The quantitative estimate of drug-likeness (QED) is 0.274. The molecule has 2 aliphatic carbocycles. The third kappa shape index (κ3) is 5.09. The number of allylic oxidation sites excluding steroid dienone is 1. The van der Waals surface area contributed by atoms with Gasteiger partial charge < -0.3 is 24.8 Å². The molecule has 3 aliphatic rings. The summed E-state index contributed by atoms with van der Waals surface area (Å²) < 4.78 is 16.9. The first-order chi connectivity index (χ1) is 19.0. The van der Waals surface area contributed by atoms with Crippen LogP contribution in [-0.4, -0.2) is 25.5 Å². The molecule has 0 amide bonds. The minimum Gasteiger partial charge on any atom is -0.497 e. The second-order valence-electron chi connectivity index (χ2n) is 10.3. The summed E-state index contributed by atoms with van der Waals surface area (Å²) in [4.78, 5) is 26.2. The van der Waals surface area contributed by atoms with Crippen LogP contribution in [0.5, 0.6) is 17.2 Å². The number of hydrogen-bond donors (Lipinski definition) is 2.